The van der Waals surface area contributed by atoms with Crippen molar-refractivity contribution in [3.63, 3.8) is 0 Å². The van der Waals surface area contributed by atoms with Gasteiger partial charge in [-0.1, -0.05) is 13.0 Å². The van der Waals surface area contributed by atoms with Crippen molar-refractivity contribution in [3.8, 4) is 5.75 Å². The topological polar surface area (TPSA) is 38.3 Å². The highest BCUT2D eigenvalue weighted by Crippen LogP contribution is 2.17. The van der Waals surface area contributed by atoms with Gasteiger partial charge in [-0.3, -0.25) is 4.79 Å². The van der Waals surface area contributed by atoms with E-state index >= 15 is 0 Å². The monoisotopic (exact) mass is 207 g/mol. The van der Waals surface area contributed by atoms with E-state index in [1.807, 2.05) is 38.1 Å². The van der Waals surface area contributed by atoms with Crippen molar-refractivity contribution in [1.82, 2.24) is 0 Å². The summed E-state index contributed by atoms with van der Waals surface area (Å²) in [7, 11) is 0. The molecule has 3 heteroatoms. The van der Waals surface area contributed by atoms with Gasteiger partial charge in [0.2, 0.25) is 5.91 Å². The fraction of sp³-hybridized carbons (Fsp3) is 0.417. The number of hydrogen-bond acceptors (Lipinski definition) is 2. The van der Waals surface area contributed by atoms with Crippen molar-refractivity contribution in [2.24, 2.45) is 0 Å². The van der Waals surface area contributed by atoms with Crippen LogP contribution >= 0.6 is 0 Å². The second-order valence-corrected chi connectivity index (χ2v) is 3.26. The normalized spacial score (nSPS) is 9.73. The summed E-state index contributed by atoms with van der Waals surface area (Å²) in [5.41, 5.74) is 0.791. The summed E-state index contributed by atoms with van der Waals surface area (Å²) in [4.78, 5) is 11.3. The maximum absolute atomic E-state index is 11.3. The Hall–Kier alpha value is -1.51. The number of hydrogen-bond donors (Lipinski definition) is 1. The maximum atomic E-state index is 11.3. The predicted octanol–water partition coefficient (Wildman–Crippen LogP) is 2.82. The maximum Gasteiger partial charge on any atom is 0.224 e. The van der Waals surface area contributed by atoms with Gasteiger partial charge in [-0.05, 0) is 25.5 Å². The molecule has 0 saturated carbocycles. The van der Waals surface area contributed by atoms with Crippen LogP contribution in [0.5, 0.6) is 5.75 Å². The molecule has 0 saturated heterocycles. The van der Waals surface area contributed by atoms with Crippen LogP contribution in [0.1, 0.15) is 26.7 Å². The van der Waals surface area contributed by atoms with E-state index in [-0.39, 0.29) is 5.91 Å². The molecule has 0 aliphatic rings. The molecule has 0 heterocycles. The van der Waals surface area contributed by atoms with Crippen LogP contribution in [0.25, 0.3) is 0 Å². The van der Waals surface area contributed by atoms with E-state index in [1.54, 1.807) is 0 Å². The third-order valence-electron chi connectivity index (χ3n) is 1.91. The molecule has 0 radical (unpaired) electrons. The smallest absolute Gasteiger partial charge is 0.224 e. The number of ether oxygens (including phenoxy) is 1. The molecule has 0 aliphatic heterocycles. The van der Waals surface area contributed by atoms with E-state index in [1.165, 1.54) is 0 Å². The standard InChI is InChI=1S/C12H17NO2/c1-3-6-12(14)13-10-7-5-8-11(9-10)15-4-2/h5,7-9H,3-4,6H2,1-2H3,(H,13,14). The van der Waals surface area contributed by atoms with Gasteiger partial charge in [0.05, 0.1) is 6.61 Å². The molecule has 1 N–H and O–H groups in total. The van der Waals surface area contributed by atoms with Crippen molar-refractivity contribution in [1.29, 1.82) is 0 Å². The Morgan fingerprint density at radius 1 is 1.40 bits per heavy atom. The van der Waals surface area contributed by atoms with E-state index in [4.69, 9.17) is 4.74 Å². The summed E-state index contributed by atoms with van der Waals surface area (Å²) in [6.07, 6.45) is 1.41. The van der Waals surface area contributed by atoms with Crippen molar-refractivity contribution in [2.75, 3.05) is 11.9 Å². The number of nitrogens with one attached hydrogen (secondary N) is 1. The van der Waals surface area contributed by atoms with Gasteiger partial charge in [-0.25, -0.2) is 0 Å². The van der Waals surface area contributed by atoms with Crippen molar-refractivity contribution in [3.05, 3.63) is 24.3 Å². The number of benzene rings is 1. The molecule has 1 aromatic rings. The highest BCUT2D eigenvalue weighted by molar-refractivity contribution is 5.90. The van der Waals surface area contributed by atoms with Crippen LogP contribution in [-0.4, -0.2) is 12.5 Å². The van der Waals surface area contributed by atoms with E-state index in [0.29, 0.717) is 13.0 Å². The lowest BCUT2D eigenvalue weighted by Gasteiger charge is -2.07. The van der Waals surface area contributed by atoms with Gasteiger partial charge in [0.15, 0.2) is 0 Å². The zero-order valence-corrected chi connectivity index (χ0v) is 9.25. The third-order valence-corrected chi connectivity index (χ3v) is 1.91. The minimum Gasteiger partial charge on any atom is -0.494 e. The van der Waals surface area contributed by atoms with Crippen LogP contribution in [0.3, 0.4) is 0 Å². The first-order chi connectivity index (χ1) is 7.26. The van der Waals surface area contributed by atoms with Crippen LogP contribution in [0.2, 0.25) is 0 Å². The molecule has 0 atom stereocenters. The molecule has 1 amide bonds. The van der Waals surface area contributed by atoms with E-state index < -0.39 is 0 Å². The molecular weight excluding hydrogens is 190 g/mol. The van der Waals surface area contributed by atoms with Crippen LogP contribution in [0.15, 0.2) is 24.3 Å². The summed E-state index contributed by atoms with van der Waals surface area (Å²) in [6.45, 7) is 4.55. The molecule has 1 rings (SSSR count). The Kier molecular flexibility index (Phi) is 4.68. The summed E-state index contributed by atoms with van der Waals surface area (Å²) in [5.74, 6) is 0.831. The average molecular weight is 207 g/mol. The van der Waals surface area contributed by atoms with Crippen LogP contribution in [0.4, 0.5) is 5.69 Å². The number of anilines is 1. The zero-order chi connectivity index (χ0) is 11.1. The number of carbonyl (C=O) groups excluding carboxylic acids is 1. The Morgan fingerprint density at radius 2 is 2.20 bits per heavy atom. The Morgan fingerprint density at radius 3 is 2.87 bits per heavy atom. The molecule has 0 bridgehead atoms. The van der Waals surface area contributed by atoms with Crippen LogP contribution < -0.4 is 10.1 Å². The van der Waals surface area contributed by atoms with Gasteiger partial charge in [0, 0.05) is 18.2 Å². The minimum atomic E-state index is 0.0474. The van der Waals surface area contributed by atoms with E-state index in [2.05, 4.69) is 5.32 Å². The first-order valence-corrected chi connectivity index (χ1v) is 5.29. The summed E-state index contributed by atoms with van der Waals surface area (Å²) in [6, 6.07) is 7.43. The van der Waals surface area contributed by atoms with Crippen molar-refractivity contribution < 1.29 is 9.53 Å². The number of carbonyl (C=O) groups is 1. The molecule has 0 aromatic heterocycles. The summed E-state index contributed by atoms with van der Waals surface area (Å²) < 4.78 is 5.34. The van der Waals surface area contributed by atoms with Gasteiger partial charge in [0.1, 0.15) is 5.75 Å². The fourth-order valence-electron chi connectivity index (χ4n) is 1.28. The SMILES string of the molecule is CCCC(=O)Nc1cccc(OCC)c1. The molecule has 15 heavy (non-hydrogen) atoms. The molecule has 0 unspecified atom stereocenters. The third kappa shape index (κ3) is 4.02. The van der Waals surface area contributed by atoms with Gasteiger partial charge in [-0.2, -0.15) is 0 Å². The lowest BCUT2D eigenvalue weighted by molar-refractivity contribution is -0.116. The molecule has 0 aliphatic carbocycles. The number of rotatable bonds is 5. The first-order valence-electron chi connectivity index (χ1n) is 5.29. The second kappa shape index (κ2) is 6.06. The second-order valence-electron chi connectivity index (χ2n) is 3.26. The van der Waals surface area contributed by atoms with Crippen molar-refractivity contribution >= 4 is 11.6 Å². The molecule has 1 aromatic carbocycles. The van der Waals surface area contributed by atoms with Gasteiger partial charge in [0.25, 0.3) is 0 Å². The van der Waals surface area contributed by atoms with Crippen molar-refractivity contribution in [2.45, 2.75) is 26.7 Å². The Balaban J connectivity index is 2.60. The van der Waals surface area contributed by atoms with Gasteiger partial charge in [-0.15, -0.1) is 0 Å². The first kappa shape index (κ1) is 11.6. The number of amides is 1. The molecule has 0 spiro atoms. The average Bonchev–Trinajstić information content (AvgIpc) is 2.19. The molecule has 0 fully saturated rings. The highest BCUT2D eigenvalue weighted by atomic mass is 16.5. The van der Waals surface area contributed by atoms with E-state index in [0.717, 1.165) is 17.9 Å². The summed E-state index contributed by atoms with van der Waals surface area (Å²) >= 11 is 0. The largest absolute Gasteiger partial charge is 0.494 e. The lowest BCUT2D eigenvalue weighted by atomic mass is 10.2. The Labute approximate surface area is 90.4 Å². The summed E-state index contributed by atoms with van der Waals surface area (Å²) in [5, 5.41) is 2.82. The fourth-order valence-corrected chi connectivity index (χ4v) is 1.28. The Bertz CT molecular complexity index is 323. The predicted molar refractivity (Wildman–Crippen MR) is 61.1 cm³/mol. The van der Waals surface area contributed by atoms with Gasteiger partial charge < -0.3 is 10.1 Å². The van der Waals surface area contributed by atoms with E-state index in [9.17, 15) is 4.79 Å². The van der Waals surface area contributed by atoms with Crippen LogP contribution in [0, 0.1) is 0 Å². The highest BCUT2D eigenvalue weighted by Gasteiger charge is 2.01. The molecular formula is C12H17NO2. The minimum absolute atomic E-state index is 0.0474. The molecule has 82 valence electrons. The lowest BCUT2D eigenvalue weighted by Crippen LogP contribution is -2.10. The van der Waals surface area contributed by atoms with Crippen LogP contribution in [-0.2, 0) is 4.79 Å². The van der Waals surface area contributed by atoms with Gasteiger partial charge >= 0.3 is 0 Å². The quantitative estimate of drug-likeness (QED) is 0.806. The zero-order valence-electron chi connectivity index (χ0n) is 9.25. The molecule has 3 nitrogen and oxygen atoms in total.